The number of unbranched alkanes of at least 4 members (excludes halogenated alkanes) is 1. The number of benzene rings is 1. The summed E-state index contributed by atoms with van der Waals surface area (Å²) in [5, 5.41) is 6.81. The van der Waals surface area contributed by atoms with Gasteiger partial charge in [-0.1, -0.05) is 38.8 Å². The smallest absolute Gasteiger partial charge is 0.119 e. The highest BCUT2D eigenvalue weighted by Crippen LogP contribution is 2.25. The lowest BCUT2D eigenvalue weighted by Crippen LogP contribution is -2.50. The summed E-state index contributed by atoms with van der Waals surface area (Å²) in [7, 11) is 1.70. The molecule has 22 heavy (non-hydrogen) atoms. The number of hydrogen-bond donors (Lipinski definition) is 3. The van der Waals surface area contributed by atoms with E-state index in [0.717, 1.165) is 18.8 Å². The topological polar surface area (TPSA) is 59.3 Å². The molecule has 1 heterocycles. The number of ether oxygens (including phenoxy) is 1. The fraction of sp³-hybridized carbons (Fsp3) is 0.556. The standard InChI is InChI=1S/C18H29N3O/c1-4-5-7-13(2)17-16(18(19)21-12-20-17)11-14-8-6-9-15(10-14)22-3/h6,8-10,13,18,20-21H,4-5,7,11-12,19H2,1-3H3. The molecule has 0 bridgehead atoms. The molecule has 1 aliphatic rings. The summed E-state index contributed by atoms with van der Waals surface area (Å²) in [5.41, 5.74) is 10.1. The fourth-order valence-corrected chi connectivity index (χ4v) is 3.01. The maximum absolute atomic E-state index is 6.31. The number of nitrogens with two attached hydrogens (primary N) is 1. The summed E-state index contributed by atoms with van der Waals surface area (Å²) in [5.74, 6) is 1.41. The lowest BCUT2D eigenvalue weighted by molar-refractivity contribution is 0.414. The van der Waals surface area contributed by atoms with Gasteiger partial charge in [0, 0.05) is 5.70 Å². The molecule has 1 aromatic rings. The Morgan fingerprint density at radius 1 is 1.41 bits per heavy atom. The Morgan fingerprint density at radius 2 is 2.23 bits per heavy atom. The molecule has 1 aliphatic heterocycles. The van der Waals surface area contributed by atoms with Crippen LogP contribution in [0, 0.1) is 5.92 Å². The van der Waals surface area contributed by atoms with Gasteiger partial charge in [-0.3, -0.25) is 5.32 Å². The quantitative estimate of drug-likeness (QED) is 0.725. The van der Waals surface area contributed by atoms with Crippen molar-refractivity contribution in [3.8, 4) is 5.75 Å². The normalized spacial score (nSPS) is 19.7. The van der Waals surface area contributed by atoms with Gasteiger partial charge in [-0.25, -0.2) is 0 Å². The molecule has 0 saturated heterocycles. The highest BCUT2D eigenvalue weighted by Gasteiger charge is 2.22. The summed E-state index contributed by atoms with van der Waals surface area (Å²) in [6.45, 7) is 5.27. The van der Waals surface area contributed by atoms with Gasteiger partial charge in [-0.05, 0) is 42.0 Å². The van der Waals surface area contributed by atoms with Crippen molar-refractivity contribution in [2.75, 3.05) is 13.8 Å². The zero-order valence-corrected chi connectivity index (χ0v) is 14.0. The molecule has 0 spiro atoms. The van der Waals surface area contributed by atoms with Crippen LogP contribution in [0.25, 0.3) is 0 Å². The van der Waals surface area contributed by atoms with Gasteiger partial charge >= 0.3 is 0 Å². The molecular weight excluding hydrogens is 274 g/mol. The van der Waals surface area contributed by atoms with Crippen LogP contribution in [0.3, 0.4) is 0 Å². The maximum atomic E-state index is 6.31. The first-order valence-corrected chi connectivity index (χ1v) is 8.24. The highest BCUT2D eigenvalue weighted by molar-refractivity contribution is 5.34. The Hall–Kier alpha value is -1.52. The molecule has 2 atom stereocenters. The lowest BCUT2D eigenvalue weighted by Gasteiger charge is -2.32. The Bertz CT molecular complexity index is 513. The summed E-state index contributed by atoms with van der Waals surface area (Å²) in [4.78, 5) is 0. The molecule has 0 fully saturated rings. The molecule has 0 radical (unpaired) electrons. The number of hydrogen-bond acceptors (Lipinski definition) is 4. The first-order valence-electron chi connectivity index (χ1n) is 8.24. The highest BCUT2D eigenvalue weighted by atomic mass is 16.5. The molecule has 4 N–H and O–H groups in total. The first-order chi connectivity index (χ1) is 10.7. The number of allylic oxidation sites excluding steroid dienone is 1. The van der Waals surface area contributed by atoms with Crippen molar-refractivity contribution in [1.29, 1.82) is 0 Å². The molecule has 0 amide bonds. The van der Waals surface area contributed by atoms with Crippen LogP contribution >= 0.6 is 0 Å². The molecular formula is C18H29N3O. The van der Waals surface area contributed by atoms with Crippen LogP contribution in [0.4, 0.5) is 0 Å². The monoisotopic (exact) mass is 303 g/mol. The summed E-state index contributed by atoms with van der Waals surface area (Å²) >= 11 is 0. The first kappa shape index (κ1) is 16.8. The molecule has 0 aromatic heterocycles. The second-order valence-corrected chi connectivity index (χ2v) is 6.05. The van der Waals surface area contributed by atoms with Crippen LogP contribution in [0.1, 0.15) is 38.7 Å². The number of rotatable bonds is 7. The third-order valence-corrected chi connectivity index (χ3v) is 4.33. The van der Waals surface area contributed by atoms with Crippen LogP contribution < -0.4 is 21.1 Å². The van der Waals surface area contributed by atoms with E-state index in [1.807, 2.05) is 12.1 Å². The van der Waals surface area contributed by atoms with Gasteiger partial charge in [0.2, 0.25) is 0 Å². The van der Waals surface area contributed by atoms with E-state index >= 15 is 0 Å². The molecule has 0 aliphatic carbocycles. The van der Waals surface area contributed by atoms with Gasteiger partial charge in [0.25, 0.3) is 0 Å². The maximum Gasteiger partial charge on any atom is 0.119 e. The van der Waals surface area contributed by atoms with Crippen molar-refractivity contribution >= 4 is 0 Å². The van der Waals surface area contributed by atoms with Crippen molar-refractivity contribution in [1.82, 2.24) is 10.6 Å². The SMILES string of the molecule is CCCCC(C)C1=C(Cc2cccc(OC)c2)C(N)NCN1. The lowest BCUT2D eigenvalue weighted by atomic mass is 9.91. The van der Waals surface area contributed by atoms with Gasteiger partial charge in [-0.2, -0.15) is 0 Å². The zero-order valence-electron chi connectivity index (χ0n) is 14.0. The Morgan fingerprint density at radius 3 is 2.95 bits per heavy atom. The summed E-state index contributed by atoms with van der Waals surface area (Å²) in [6, 6.07) is 8.22. The van der Waals surface area contributed by atoms with E-state index in [2.05, 4.69) is 36.6 Å². The average Bonchev–Trinajstić information content (AvgIpc) is 2.54. The molecule has 4 heteroatoms. The minimum absolute atomic E-state index is 0.0773. The van der Waals surface area contributed by atoms with Gasteiger partial charge in [-0.15, -0.1) is 0 Å². The Balaban J connectivity index is 2.22. The van der Waals surface area contributed by atoms with Gasteiger partial charge in [0.1, 0.15) is 5.75 Å². The largest absolute Gasteiger partial charge is 0.497 e. The second-order valence-electron chi connectivity index (χ2n) is 6.05. The fourth-order valence-electron chi connectivity index (χ4n) is 3.01. The van der Waals surface area contributed by atoms with Crippen molar-refractivity contribution in [3.63, 3.8) is 0 Å². The minimum Gasteiger partial charge on any atom is -0.497 e. The van der Waals surface area contributed by atoms with Crippen LogP contribution in [-0.4, -0.2) is 19.9 Å². The zero-order chi connectivity index (χ0) is 15.9. The number of nitrogens with one attached hydrogen (secondary N) is 2. The van der Waals surface area contributed by atoms with Crippen molar-refractivity contribution in [3.05, 3.63) is 41.1 Å². The van der Waals surface area contributed by atoms with E-state index in [9.17, 15) is 0 Å². The van der Waals surface area contributed by atoms with Crippen molar-refractivity contribution in [2.45, 2.75) is 45.7 Å². The van der Waals surface area contributed by atoms with E-state index < -0.39 is 0 Å². The van der Waals surface area contributed by atoms with E-state index in [0.29, 0.717) is 5.92 Å². The second kappa shape index (κ2) is 8.20. The molecule has 0 saturated carbocycles. The van der Waals surface area contributed by atoms with Gasteiger partial charge in [0.15, 0.2) is 0 Å². The van der Waals surface area contributed by atoms with Crippen LogP contribution in [-0.2, 0) is 6.42 Å². The molecule has 2 unspecified atom stereocenters. The molecule has 1 aromatic carbocycles. The van der Waals surface area contributed by atoms with Gasteiger partial charge < -0.3 is 15.8 Å². The molecule has 2 rings (SSSR count). The molecule has 4 nitrogen and oxygen atoms in total. The van der Waals surface area contributed by atoms with E-state index in [-0.39, 0.29) is 6.17 Å². The summed E-state index contributed by atoms with van der Waals surface area (Å²) in [6.07, 6.45) is 4.46. The van der Waals surface area contributed by atoms with Crippen molar-refractivity contribution < 1.29 is 4.74 Å². The van der Waals surface area contributed by atoms with E-state index in [1.165, 1.54) is 36.1 Å². The summed E-state index contributed by atoms with van der Waals surface area (Å²) < 4.78 is 5.32. The Labute approximate surface area is 134 Å². The third-order valence-electron chi connectivity index (χ3n) is 4.33. The van der Waals surface area contributed by atoms with E-state index in [4.69, 9.17) is 10.5 Å². The van der Waals surface area contributed by atoms with E-state index in [1.54, 1.807) is 7.11 Å². The van der Waals surface area contributed by atoms with Gasteiger partial charge in [0.05, 0.1) is 19.9 Å². The third kappa shape index (κ3) is 4.24. The van der Waals surface area contributed by atoms with Crippen molar-refractivity contribution in [2.24, 2.45) is 11.7 Å². The van der Waals surface area contributed by atoms with Crippen LogP contribution in [0.5, 0.6) is 5.75 Å². The molecule has 122 valence electrons. The number of methoxy groups -OCH3 is 1. The average molecular weight is 303 g/mol. The predicted molar refractivity (Wildman–Crippen MR) is 91.5 cm³/mol. The predicted octanol–water partition coefficient (Wildman–Crippen LogP) is 2.75. The minimum atomic E-state index is -0.0773. The Kier molecular flexibility index (Phi) is 6.28. The van der Waals surface area contributed by atoms with Crippen LogP contribution in [0.15, 0.2) is 35.5 Å². The van der Waals surface area contributed by atoms with Crippen LogP contribution in [0.2, 0.25) is 0 Å².